The number of benzene rings is 3. The Labute approximate surface area is 221 Å². The Morgan fingerprint density at radius 2 is 1.46 bits per heavy atom. The smallest absolute Gasteiger partial charge is 0.201 e. The highest BCUT2D eigenvalue weighted by Gasteiger charge is 2.21. The normalized spacial score (nSPS) is 17.8. The first-order chi connectivity index (χ1) is 18.1. The summed E-state index contributed by atoms with van der Waals surface area (Å²) < 4.78 is 34.0. The molecule has 3 aromatic rings. The van der Waals surface area contributed by atoms with Gasteiger partial charge in [-0.1, -0.05) is 74.0 Å². The van der Waals surface area contributed by atoms with Crippen molar-refractivity contribution in [3.8, 4) is 16.9 Å². The van der Waals surface area contributed by atoms with Crippen LogP contribution in [0.3, 0.4) is 0 Å². The number of allylic oxidation sites excluding steroid dienone is 2. The molecule has 3 heteroatoms. The molecule has 1 aliphatic rings. The molecule has 0 radical (unpaired) electrons. The second-order valence-electron chi connectivity index (χ2n) is 10.3. The van der Waals surface area contributed by atoms with Crippen LogP contribution in [0.1, 0.15) is 81.4 Å². The average molecular weight is 503 g/mol. The van der Waals surface area contributed by atoms with E-state index < -0.39 is 11.6 Å². The van der Waals surface area contributed by atoms with Crippen LogP contribution in [0.15, 0.2) is 72.8 Å². The standard InChI is InChI=1S/C34H40F2O/c1-3-5-8-25-11-13-26(14-12-25)9-6-7-10-27-15-17-28(18-16-27)29-19-21-30(22-20-29)31-23-24-32(37-4-2)34(36)33(31)35/h7,10-14,19-24,27-28H,3-6,8-9,15-18H2,1-2H3/b10-7+. The minimum absolute atomic E-state index is 0.0392. The lowest BCUT2D eigenvalue weighted by Gasteiger charge is -2.27. The van der Waals surface area contributed by atoms with Gasteiger partial charge in [0, 0.05) is 5.56 Å². The predicted octanol–water partition coefficient (Wildman–Crippen LogP) is 9.84. The van der Waals surface area contributed by atoms with Crippen LogP contribution in [0.4, 0.5) is 8.78 Å². The zero-order valence-corrected chi connectivity index (χ0v) is 22.3. The van der Waals surface area contributed by atoms with Gasteiger partial charge in [-0.3, -0.25) is 0 Å². The van der Waals surface area contributed by atoms with Crippen LogP contribution in [-0.4, -0.2) is 6.61 Å². The number of aryl methyl sites for hydroxylation is 2. The predicted molar refractivity (Wildman–Crippen MR) is 150 cm³/mol. The number of ether oxygens (including phenoxy) is 1. The van der Waals surface area contributed by atoms with Crippen LogP contribution in [0, 0.1) is 17.6 Å². The molecule has 0 aliphatic heterocycles. The van der Waals surface area contributed by atoms with E-state index in [1.807, 2.05) is 12.1 Å². The first-order valence-electron chi connectivity index (χ1n) is 14.0. The fourth-order valence-corrected chi connectivity index (χ4v) is 5.39. The van der Waals surface area contributed by atoms with E-state index in [0.717, 1.165) is 12.8 Å². The number of halogens is 2. The van der Waals surface area contributed by atoms with Crippen molar-refractivity contribution in [3.63, 3.8) is 0 Å². The van der Waals surface area contributed by atoms with Crippen molar-refractivity contribution < 1.29 is 13.5 Å². The summed E-state index contributed by atoms with van der Waals surface area (Å²) in [6.45, 7) is 4.29. The summed E-state index contributed by atoms with van der Waals surface area (Å²) in [5, 5.41) is 0. The van der Waals surface area contributed by atoms with Gasteiger partial charge in [0.25, 0.3) is 0 Å². The van der Waals surface area contributed by atoms with Gasteiger partial charge in [-0.2, -0.15) is 4.39 Å². The first-order valence-corrected chi connectivity index (χ1v) is 14.0. The Hall–Kier alpha value is -2.94. The zero-order chi connectivity index (χ0) is 26.0. The average Bonchev–Trinajstić information content (AvgIpc) is 2.94. The van der Waals surface area contributed by atoms with Crippen molar-refractivity contribution in [1.29, 1.82) is 0 Å². The second kappa shape index (κ2) is 13.6. The van der Waals surface area contributed by atoms with E-state index in [1.54, 1.807) is 13.0 Å². The van der Waals surface area contributed by atoms with Crippen LogP contribution >= 0.6 is 0 Å². The molecule has 1 saturated carbocycles. The highest BCUT2D eigenvalue weighted by Crippen LogP contribution is 2.37. The van der Waals surface area contributed by atoms with Crippen LogP contribution in [0.2, 0.25) is 0 Å². The van der Waals surface area contributed by atoms with Crippen LogP contribution in [0.5, 0.6) is 5.75 Å². The highest BCUT2D eigenvalue weighted by molar-refractivity contribution is 5.65. The lowest BCUT2D eigenvalue weighted by Crippen LogP contribution is -2.11. The minimum Gasteiger partial charge on any atom is -0.491 e. The molecule has 0 amide bonds. The van der Waals surface area contributed by atoms with E-state index in [1.165, 1.54) is 67.7 Å². The minimum atomic E-state index is -0.921. The summed E-state index contributed by atoms with van der Waals surface area (Å²) in [6.07, 6.45) is 15.4. The molecular formula is C34H40F2O. The van der Waals surface area contributed by atoms with Crippen molar-refractivity contribution >= 4 is 0 Å². The molecule has 0 aromatic heterocycles. The highest BCUT2D eigenvalue weighted by atomic mass is 19.2. The Morgan fingerprint density at radius 1 is 0.784 bits per heavy atom. The molecule has 0 unspecified atom stereocenters. The molecule has 0 heterocycles. The van der Waals surface area contributed by atoms with Gasteiger partial charge in [0.1, 0.15) is 0 Å². The lowest BCUT2D eigenvalue weighted by atomic mass is 9.78. The molecule has 196 valence electrons. The Kier molecular flexibility index (Phi) is 9.93. The van der Waals surface area contributed by atoms with E-state index in [2.05, 4.69) is 55.5 Å². The van der Waals surface area contributed by atoms with Crippen molar-refractivity contribution in [1.82, 2.24) is 0 Å². The van der Waals surface area contributed by atoms with E-state index in [9.17, 15) is 8.78 Å². The Bertz CT molecular complexity index is 1140. The molecule has 1 nitrogen and oxygen atoms in total. The topological polar surface area (TPSA) is 9.23 Å². The molecule has 3 aromatic carbocycles. The van der Waals surface area contributed by atoms with Crippen LogP contribution < -0.4 is 4.74 Å². The number of hydrogen-bond acceptors (Lipinski definition) is 1. The van der Waals surface area contributed by atoms with Crippen molar-refractivity contribution in [2.75, 3.05) is 6.61 Å². The third kappa shape index (κ3) is 7.31. The van der Waals surface area contributed by atoms with Gasteiger partial charge in [-0.25, -0.2) is 4.39 Å². The van der Waals surface area contributed by atoms with Gasteiger partial charge < -0.3 is 4.74 Å². The monoisotopic (exact) mass is 502 g/mol. The van der Waals surface area contributed by atoms with Gasteiger partial charge in [0.2, 0.25) is 5.82 Å². The van der Waals surface area contributed by atoms with Crippen molar-refractivity contribution in [3.05, 3.63) is 101 Å². The van der Waals surface area contributed by atoms with Gasteiger partial charge in [-0.05, 0) is 105 Å². The SMILES string of the molecule is CCCCc1ccc(CC/C=C/C2CCC(c3ccc(-c4ccc(OCC)c(F)c4F)cc3)CC2)cc1. The number of unbranched alkanes of at least 4 members (excludes halogenated alkanes) is 1. The molecule has 4 rings (SSSR count). The van der Waals surface area contributed by atoms with Gasteiger partial charge in [-0.15, -0.1) is 0 Å². The van der Waals surface area contributed by atoms with E-state index >= 15 is 0 Å². The van der Waals surface area contributed by atoms with E-state index in [0.29, 0.717) is 24.0 Å². The maximum atomic E-state index is 14.6. The molecule has 0 atom stereocenters. The largest absolute Gasteiger partial charge is 0.491 e. The first kappa shape index (κ1) is 27.1. The second-order valence-corrected chi connectivity index (χ2v) is 10.3. The molecule has 0 bridgehead atoms. The third-order valence-electron chi connectivity index (χ3n) is 7.66. The molecule has 0 saturated heterocycles. The zero-order valence-electron chi connectivity index (χ0n) is 22.3. The lowest BCUT2D eigenvalue weighted by molar-refractivity contribution is 0.314. The Balaban J connectivity index is 1.24. The summed E-state index contributed by atoms with van der Waals surface area (Å²) in [5.74, 6) is -0.618. The third-order valence-corrected chi connectivity index (χ3v) is 7.66. The van der Waals surface area contributed by atoms with Gasteiger partial charge in [0.05, 0.1) is 6.61 Å². The maximum Gasteiger partial charge on any atom is 0.201 e. The van der Waals surface area contributed by atoms with Gasteiger partial charge >= 0.3 is 0 Å². The molecule has 1 aliphatic carbocycles. The van der Waals surface area contributed by atoms with Crippen molar-refractivity contribution in [2.24, 2.45) is 5.92 Å². The molecule has 37 heavy (non-hydrogen) atoms. The summed E-state index contributed by atoms with van der Waals surface area (Å²) in [7, 11) is 0. The summed E-state index contributed by atoms with van der Waals surface area (Å²) in [5.41, 5.74) is 5.12. The van der Waals surface area contributed by atoms with E-state index in [-0.39, 0.29) is 11.3 Å². The number of rotatable bonds is 11. The van der Waals surface area contributed by atoms with E-state index in [4.69, 9.17) is 4.74 Å². The van der Waals surface area contributed by atoms with Gasteiger partial charge in [0.15, 0.2) is 11.6 Å². The Morgan fingerprint density at radius 3 is 2.11 bits per heavy atom. The molecule has 0 spiro atoms. The fourth-order valence-electron chi connectivity index (χ4n) is 5.39. The fraction of sp³-hybridized carbons (Fsp3) is 0.412. The maximum absolute atomic E-state index is 14.6. The van der Waals surface area contributed by atoms with Crippen molar-refractivity contribution in [2.45, 2.75) is 77.6 Å². The summed E-state index contributed by atoms with van der Waals surface area (Å²) in [6, 6.07) is 20.2. The number of hydrogen-bond donors (Lipinski definition) is 0. The van der Waals surface area contributed by atoms with Crippen LogP contribution in [-0.2, 0) is 12.8 Å². The molecular weight excluding hydrogens is 462 g/mol. The van der Waals surface area contributed by atoms with Crippen LogP contribution in [0.25, 0.3) is 11.1 Å². The molecule has 1 fully saturated rings. The quantitative estimate of drug-likeness (QED) is 0.237. The summed E-state index contributed by atoms with van der Waals surface area (Å²) >= 11 is 0. The summed E-state index contributed by atoms with van der Waals surface area (Å²) in [4.78, 5) is 0. The molecule has 0 N–H and O–H groups in total.